The molecule has 0 radical (unpaired) electrons. The first-order valence-electron chi connectivity index (χ1n) is 47.7. The summed E-state index contributed by atoms with van der Waals surface area (Å²) in [4.78, 5) is 7.10. The van der Waals surface area contributed by atoms with E-state index in [2.05, 4.69) is 142 Å². The van der Waals surface area contributed by atoms with Crippen LogP contribution in [0.4, 0.5) is 4.39 Å². The van der Waals surface area contributed by atoms with Gasteiger partial charge in [-0.25, -0.2) is 4.39 Å². The van der Waals surface area contributed by atoms with Crippen molar-refractivity contribution in [2.45, 2.75) is 295 Å². The highest BCUT2D eigenvalue weighted by Crippen LogP contribution is 2.70. The number of aliphatic hydroxyl groups is 4. The second kappa shape index (κ2) is 34.1. The number of hydrogen-bond donors (Lipinski definition) is 4. The number of fused-ring (bicyclic) bond motifs is 20. The van der Waals surface area contributed by atoms with Crippen LogP contribution in [0.25, 0.3) is 0 Å². The maximum atomic E-state index is 13.3. The van der Waals surface area contributed by atoms with Gasteiger partial charge in [-0.1, -0.05) is 141 Å². The Balaban J connectivity index is 0.000000111. The summed E-state index contributed by atoms with van der Waals surface area (Å²) < 4.78 is 18.7. The summed E-state index contributed by atoms with van der Waals surface area (Å²) in [6, 6.07) is 0. The molecule has 17 nitrogen and oxygen atoms in total. The molecule has 13 fully saturated rings. The van der Waals surface area contributed by atoms with Crippen LogP contribution in [0, 0.1) is 169 Å². The van der Waals surface area contributed by atoms with Gasteiger partial charge in [0.1, 0.15) is 17.9 Å². The maximum Gasteiger partial charge on any atom is 0.130 e. The summed E-state index contributed by atoms with van der Waals surface area (Å²) in [6.45, 7) is 30.9. The van der Waals surface area contributed by atoms with Gasteiger partial charge in [-0.3, -0.25) is 0 Å². The van der Waals surface area contributed by atoms with E-state index in [4.69, 9.17) is 16.3 Å². The Hall–Kier alpha value is -6.38. The molecule has 0 aliphatic heterocycles. The van der Waals surface area contributed by atoms with E-state index < -0.39 is 29.1 Å². The van der Waals surface area contributed by atoms with E-state index in [1.807, 2.05) is 0 Å². The van der Waals surface area contributed by atoms with Crippen LogP contribution < -0.4 is 0 Å². The van der Waals surface area contributed by atoms with E-state index in [-0.39, 0.29) is 0 Å². The molecule has 0 aromatic carbocycles. The second-order valence-corrected chi connectivity index (χ2v) is 43.7. The molecular weight excluding hydrogens is 1530 g/mol. The van der Waals surface area contributed by atoms with Crippen LogP contribution in [0.5, 0.6) is 0 Å². The zero-order chi connectivity index (χ0) is 84.0. The average Bonchev–Trinajstić information content (AvgIpc) is 1.40. The van der Waals surface area contributed by atoms with Gasteiger partial charge >= 0.3 is 0 Å². The van der Waals surface area contributed by atoms with Gasteiger partial charge in [-0.2, -0.15) is 60.0 Å². The number of allylic oxidation sites excluding steroid dienone is 8. The van der Waals surface area contributed by atoms with Gasteiger partial charge in [0.05, 0.1) is 93.6 Å². The van der Waals surface area contributed by atoms with E-state index in [0.717, 1.165) is 168 Å². The smallest absolute Gasteiger partial charge is 0.130 e. The topological polar surface area (TPSA) is 213 Å². The van der Waals surface area contributed by atoms with Gasteiger partial charge in [0, 0.05) is 31.2 Å². The molecule has 13 saturated carbocycles. The fraction of sp³-hybridized carbons (Fsp3) is 0.725. The van der Waals surface area contributed by atoms with Gasteiger partial charge in [-0.15, -0.1) is 0 Å². The molecule has 21 rings (SSSR count). The van der Waals surface area contributed by atoms with E-state index in [1.165, 1.54) is 173 Å². The van der Waals surface area contributed by atoms with Crippen LogP contribution in [-0.2, 0) is 30.9 Å². The highest BCUT2D eigenvalue weighted by atomic mass is 35.5. The number of halogens is 2. The number of alkyl halides is 1. The van der Waals surface area contributed by atoms with E-state index in [1.54, 1.807) is 75.9 Å². The zero-order valence-electron chi connectivity index (χ0n) is 73.5. The summed E-state index contributed by atoms with van der Waals surface area (Å²) in [6.07, 6.45) is 61.8. The minimum absolute atomic E-state index is 0.324. The van der Waals surface area contributed by atoms with Crippen molar-refractivity contribution in [2.75, 3.05) is 20.4 Å². The van der Waals surface area contributed by atoms with Crippen molar-refractivity contribution in [3.8, 4) is 23.1 Å². The number of aromatic nitrogens is 12. The quantitative estimate of drug-likeness (QED) is 0.0645. The van der Waals surface area contributed by atoms with Gasteiger partial charge in [0.2, 0.25) is 0 Å². The number of hydrogen-bond acceptors (Lipinski definition) is 13. The van der Waals surface area contributed by atoms with E-state index >= 15 is 0 Å². The predicted octanol–water partition coefficient (Wildman–Crippen LogP) is 19.2. The third-order valence-electron chi connectivity index (χ3n) is 37.4. The standard InChI is InChI=1S/C28H37N3O.C25H32ClN3O.C25H37N3O2.C24H34FN3O/c1-19(18-31-29-15-16-30-31)25-7-8-26-24-6-5-21-17-28(32,13-9-20-3-4-20)14-11-22(21)23(24)10-12-27(25,26)2;1-17(16-29-27-13-14-28-29)22-5-6-23-21-4-3-18-15-25(30,11-12-26)10-8-19(18)20(21)7-9-24(22,23)2;1-17(15-28-26-12-13-27-28)22-6-7-23-21-5-4-18-14-25(29,16-30-3)11-9-19(18)20(21)8-10-24(22,23)2;1-16(14-28-26-11-12-27-28)21-5-6-22-20-4-3-17-13-24(29,15-25)10-8-18(17)19(20)7-9-23(21,22)2/h5,15-16,20,22-26,32H,1,3-4,6-8,10-12,14,17-18H2,2H3;3,13-14,19-23,30H,1,4-10,15-16H2,2H3;4,12-13,19-23,29H,1,5-11,14-16H2,2-3H3;3,11-12,18-22,29H,1,4-10,13-15H2,2H3/t22-,23+,24+,25+,26-,27+,28+;19-,20+,21+,22+,23-,24+,25-;19-,20+,21+,22+,23-,24+,25+;18-,19+,20+,21+,22-,23+,24+/m0000/s1. The number of methoxy groups -OCH3 is 1. The number of nitrogens with zero attached hydrogens (tertiary/aromatic N) is 12. The molecule has 19 heteroatoms. The summed E-state index contributed by atoms with van der Waals surface area (Å²) in [5.74, 6) is 24.2. The molecule has 17 aliphatic rings. The first-order chi connectivity index (χ1) is 58.3. The lowest BCUT2D eigenvalue weighted by Crippen LogP contribution is -2.48. The summed E-state index contributed by atoms with van der Waals surface area (Å²) in [5, 5.41) is 80.1. The number of rotatable bonds is 15. The molecule has 17 aliphatic carbocycles. The Morgan fingerprint density at radius 1 is 0.388 bits per heavy atom. The minimum atomic E-state index is -1.10. The molecule has 4 heterocycles. The van der Waals surface area contributed by atoms with Crippen molar-refractivity contribution in [1.82, 2.24) is 60.0 Å². The van der Waals surface area contributed by atoms with Gasteiger partial charge in [0.25, 0.3) is 0 Å². The SMILES string of the molecule is C=C(Cn1nccn1)[C@H]1CC[C@H]2[C@@H]3CC=C4C[C@@](O)(C#CC5CC5)CC[C@@H]4[C@H]3CC[C@]12C.C=C(Cn1nccn1)[C@H]1CC[C@H]2[C@@H]3CC=C4C[C@@](O)(C#CCl)CC[C@@H]4[C@H]3CC[C@]12C.C=C(Cn1nccn1)[C@H]1CC[C@H]2[C@@H]3CC=C4C[C@@](O)(CF)CC[C@@H]4[C@H]3CC[C@]12C.C=C(Cn1nccn1)[C@H]1CC[C@H]2[C@@H]3CC=C4C[C@@](O)(COC)CC[C@@H]4[C@H]3CC[C@]12C. The van der Waals surface area contributed by atoms with Crippen LogP contribution >= 0.6 is 11.6 Å². The molecule has 0 saturated heterocycles. The van der Waals surface area contributed by atoms with Crippen molar-refractivity contribution >= 4 is 11.6 Å². The molecule has 0 bridgehead atoms. The molecular formula is C102H140ClFN12O5. The van der Waals surface area contributed by atoms with E-state index in [0.29, 0.717) is 101 Å². The van der Waals surface area contributed by atoms with Crippen LogP contribution in [-0.4, -0.2) is 123 Å². The molecule has 652 valence electrons. The van der Waals surface area contributed by atoms with Crippen molar-refractivity contribution < 1.29 is 29.6 Å². The molecule has 0 spiro atoms. The fourth-order valence-corrected chi connectivity index (χ4v) is 31.9. The second-order valence-electron chi connectivity index (χ2n) is 43.5. The lowest BCUT2D eigenvalue weighted by molar-refractivity contribution is -0.0676. The summed E-state index contributed by atoms with van der Waals surface area (Å²) in [7, 11) is 1.70. The Morgan fingerprint density at radius 2 is 0.678 bits per heavy atom. The van der Waals surface area contributed by atoms with Crippen LogP contribution in [0.15, 0.2) is 145 Å². The van der Waals surface area contributed by atoms with Gasteiger partial charge < -0.3 is 25.2 Å². The first kappa shape index (κ1) is 85.4. The van der Waals surface area contributed by atoms with E-state index in [9.17, 15) is 24.8 Å². The van der Waals surface area contributed by atoms with Crippen LogP contribution in [0.2, 0.25) is 0 Å². The lowest BCUT2D eigenvalue weighted by atomic mass is 9.51. The largest absolute Gasteiger partial charge is 0.387 e. The Bertz CT molecular complexity index is 4680. The normalized spacial score (nSPS) is 42.9. The summed E-state index contributed by atoms with van der Waals surface area (Å²) in [5.41, 5.74) is 9.00. The highest BCUT2D eigenvalue weighted by Gasteiger charge is 2.62. The Labute approximate surface area is 725 Å². The zero-order valence-corrected chi connectivity index (χ0v) is 74.2. The maximum absolute atomic E-state index is 13.3. The number of ether oxygens (including phenoxy) is 1. The van der Waals surface area contributed by atoms with Crippen LogP contribution in [0.1, 0.15) is 246 Å². The van der Waals surface area contributed by atoms with Crippen molar-refractivity contribution in [2.24, 2.45) is 146 Å². The molecule has 28 atom stereocenters. The third-order valence-corrected chi connectivity index (χ3v) is 37.5. The average molecular weight is 1670 g/mol. The van der Waals surface area contributed by atoms with Crippen molar-refractivity contribution in [3.63, 3.8) is 0 Å². The Kier molecular flexibility index (Phi) is 24.1. The monoisotopic (exact) mass is 1670 g/mol. The molecule has 4 aromatic heterocycles. The third kappa shape index (κ3) is 16.4. The molecule has 0 unspecified atom stereocenters. The fourth-order valence-electron chi connectivity index (χ4n) is 31.7. The predicted molar refractivity (Wildman–Crippen MR) is 471 cm³/mol. The van der Waals surface area contributed by atoms with Crippen LogP contribution in [0.3, 0.4) is 0 Å². The lowest BCUT2D eigenvalue weighted by Gasteiger charge is -2.54. The van der Waals surface area contributed by atoms with Crippen molar-refractivity contribution in [1.29, 1.82) is 0 Å². The molecule has 0 amide bonds. The first-order valence-corrected chi connectivity index (χ1v) is 48.1. The van der Waals surface area contributed by atoms with Gasteiger partial charge in [0.15, 0.2) is 0 Å². The van der Waals surface area contributed by atoms with Crippen molar-refractivity contribution in [3.05, 3.63) is 145 Å². The molecule has 121 heavy (non-hydrogen) atoms. The Morgan fingerprint density at radius 3 is 0.975 bits per heavy atom. The minimum Gasteiger partial charge on any atom is -0.387 e. The molecule has 4 N–H and O–H groups in total. The van der Waals surface area contributed by atoms with Gasteiger partial charge in [-0.05, 0) is 357 Å². The summed E-state index contributed by atoms with van der Waals surface area (Å²) >= 11 is 5.61. The highest BCUT2D eigenvalue weighted by molar-refractivity contribution is 6.30. The molecule has 4 aromatic rings.